The Hall–Kier alpha value is -2.82. The summed E-state index contributed by atoms with van der Waals surface area (Å²) in [6.45, 7) is 1.22. The summed E-state index contributed by atoms with van der Waals surface area (Å²) in [4.78, 5) is 27.2. The lowest BCUT2D eigenvalue weighted by molar-refractivity contribution is -0.131. The van der Waals surface area contributed by atoms with Crippen LogP contribution in [0.4, 0.5) is 0 Å². The molecule has 1 aliphatic heterocycles. The molecule has 1 saturated heterocycles. The molecule has 0 atom stereocenters. The van der Waals surface area contributed by atoms with Crippen LogP contribution in [0, 0.1) is 5.92 Å². The van der Waals surface area contributed by atoms with E-state index in [1.54, 1.807) is 38.5 Å². The summed E-state index contributed by atoms with van der Waals surface area (Å²) in [5.41, 5.74) is 1.59. The molecule has 0 N–H and O–H groups in total. The van der Waals surface area contributed by atoms with Crippen LogP contribution >= 0.6 is 0 Å². The average Bonchev–Trinajstić information content (AvgIpc) is 2.73. The zero-order chi connectivity index (χ0) is 19.2. The largest absolute Gasteiger partial charge is 0.497 e. The first-order valence-electron chi connectivity index (χ1n) is 9.20. The molecule has 0 aromatic heterocycles. The second-order valence-corrected chi connectivity index (χ2v) is 6.74. The Labute approximate surface area is 159 Å². The first-order valence-corrected chi connectivity index (χ1v) is 9.20. The zero-order valence-electron chi connectivity index (χ0n) is 15.8. The number of rotatable bonds is 6. The van der Waals surface area contributed by atoms with E-state index in [0.29, 0.717) is 37.9 Å². The van der Waals surface area contributed by atoms with Crippen molar-refractivity contribution in [2.75, 3.05) is 27.3 Å². The molecular formula is C22H25NO4. The molecule has 0 bridgehead atoms. The van der Waals surface area contributed by atoms with Crippen molar-refractivity contribution in [2.24, 2.45) is 5.92 Å². The smallest absolute Gasteiger partial charge is 0.227 e. The second-order valence-electron chi connectivity index (χ2n) is 6.74. The molecule has 27 heavy (non-hydrogen) atoms. The Kier molecular flexibility index (Phi) is 6.12. The van der Waals surface area contributed by atoms with Crippen molar-refractivity contribution in [3.8, 4) is 11.5 Å². The van der Waals surface area contributed by atoms with Crippen LogP contribution in [0.3, 0.4) is 0 Å². The summed E-state index contributed by atoms with van der Waals surface area (Å²) < 4.78 is 10.5. The Morgan fingerprint density at radius 2 is 1.63 bits per heavy atom. The van der Waals surface area contributed by atoms with Crippen molar-refractivity contribution in [1.82, 2.24) is 4.90 Å². The van der Waals surface area contributed by atoms with Gasteiger partial charge in [0, 0.05) is 30.1 Å². The first kappa shape index (κ1) is 19.0. The van der Waals surface area contributed by atoms with E-state index in [-0.39, 0.29) is 17.6 Å². The molecule has 142 valence electrons. The van der Waals surface area contributed by atoms with Gasteiger partial charge in [-0.25, -0.2) is 0 Å². The van der Waals surface area contributed by atoms with Gasteiger partial charge in [0.15, 0.2) is 5.78 Å². The van der Waals surface area contributed by atoms with Crippen LogP contribution in [0.2, 0.25) is 0 Å². The topological polar surface area (TPSA) is 55.8 Å². The molecule has 1 amide bonds. The number of hydrogen-bond acceptors (Lipinski definition) is 4. The van der Waals surface area contributed by atoms with E-state index in [0.717, 1.165) is 17.1 Å². The third kappa shape index (κ3) is 4.48. The molecule has 0 saturated carbocycles. The Morgan fingerprint density at radius 3 is 2.26 bits per heavy atom. The molecule has 1 heterocycles. The van der Waals surface area contributed by atoms with Gasteiger partial charge < -0.3 is 14.4 Å². The van der Waals surface area contributed by atoms with E-state index in [4.69, 9.17) is 9.47 Å². The quantitative estimate of drug-likeness (QED) is 0.735. The number of Topliss-reactive ketones (excluding diaryl/α,β-unsaturated/α-hetero) is 1. The van der Waals surface area contributed by atoms with Crippen molar-refractivity contribution >= 4 is 11.7 Å². The summed E-state index contributed by atoms with van der Waals surface area (Å²) in [5.74, 6) is 1.66. The lowest BCUT2D eigenvalue weighted by atomic mass is 9.88. The molecule has 1 fully saturated rings. The number of benzene rings is 2. The SMILES string of the molecule is COc1ccc(C(=O)C2CCN(C(=O)Cc3ccccc3OC)CC2)cc1. The number of methoxy groups -OCH3 is 2. The van der Waals surface area contributed by atoms with E-state index >= 15 is 0 Å². The minimum Gasteiger partial charge on any atom is -0.497 e. The molecule has 5 nitrogen and oxygen atoms in total. The third-order valence-corrected chi connectivity index (χ3v) is 5.13. The number of carbonyl (C=O) groups excluding carboxylic acids is 2. The minimum atomic E-state index is -0.0336. The van der Waals surface area contributed by atoms with Crippen LogP contribution in [-0.4, -0.2) is 43.9 Å². The molecule has 0 unspecified atom stereocenters. The number of piperidine rings is 1. The standard InChI is InChI=1S/C22H25NO4/c1-26-19-9-7-16(8-10-19)22(25)17-11-13-23(14-12-17)21(24)15-18-5-3-4-6-20(18)27-2/h3-10,17H,11-15H2,1-2H3. The fourth-order valence-electron chi connectivity index (χ4n) is 3.51. The highest BCUT2D eigenvalue weighted by molar-refractivity contribution is 5.98. The normalized spacial score (nSPS) is 14.7. The summed E-state index contributed by atoms with van der Waals surface area (Å²) >= 11 is 0. The maximum absolute atomic E-state index is 12.7. The Morgan fingerprint density at radius 1 is 0.963 bits per heavy atom. The van der Waals surface area contributed by atoms with Crippen LogP contribution in [0.1, 0.15) is 28.8 Å². The van der Waals surface area contributed by atoms with Crippen molar-refractivity contribution in [3.63, 3.8) is 0 Å². The van der Waals surface area contributed by atoms with E-state index in [1.807, 2.05) is 29.2 Å². The highest BCUT2D eigenvalue weighted by atomic mass is 16.5. The van der Waals surface area contributed by atoms with Gasteiger partial charge in [-0.2, -0.15) is 0 Å². The van der Waals surface area contributed by atoms with Crippen LogP contribution < -0.4 is 9.47 Å². The van der Waals surface area contributed by atoms with Crippen molar-refractivity contribution in [1.29, 1.82) is 0 Å². The molecule has 1 aliphatic rings. The Bertz CT molecular complexity index is 792. The van der Waals surface area contributed by atoms with Crippen LogP contribution in [0.15, 0.2) is 48.5 Å². The molecule has 0 aliphatic carbocycles. The zero-order valence-corrected chi connectivity index (χ0v) is 15.8. The fraction of sp³-hybridized carbons (Fsp3) is 0.364. The summed E-state index contributed by atoms with van der Waals surface area (Å²) in [6, 6.07) is 14.8. The molecule has 3 rings (SSSR count). The summed E-state index contributed by atoms with van der Waals surface area (Å²) in [7, 11) is 3.22. The maximum atomic E-state index is 12.7. The minimum absolute atomic E-state index is 0.0336. The number of ketones is 1. The van der Waals surface area contributed by atoms with Crippen LogP contribution in [-0.2, 0) is 11.2 Å². The fourth-order valence-corrected chi connectivity index (χ4v) is 3.51. The monoisotopic (exact) mass is 367 g/mol. The maximum Gasteiger partial charge on any atom is 0.227 e. The Balaban J connectivity index is 1.56. The van der Waals surface area contributed by atoms with Crippen molar-refractivity contribution < 1.29 is 19.1 Å². The molecule has 2 aromatic rings. The predicted molar refractivity (Wildman–Crippen MR) is 103 cm³/mol. The molecule has 2 aromatic carbocycles. The molecule has 0 spiro atoms. The third-order valence-electron chi connectivity index (χ3n) is 5.13. The number of carbonyl (C=O) groups is 2. The lowest BCUT2D eigenvalue weighted by Gasteiger charge is -2.31. The highest BCUT2D eigenvalue weighted by Gasteiger charge is 2.28. The predicted octanol–water partition coefficient (Wildman–Crippen LogP) is 3.37. The number of ether oxygens (including phenoxy) is 2. The van der Waals surface area contributed by atoms with Gasteiger partial charge in [0.2, 0.25) is 5.91 Å². The number of para-hydroxylation sites is 1. The lowest BCUT2D eigenvalue weighted by Crippen LogP contribution is -2.41. The van der Waals surface area contributed by atoms with Gasteiger partial charge in [-0.05, 0) is 43.2 Å². The first-order chi connectivity index (χ1) is 13.1. The van der Waals surface area contributed by atoms with E-state index in [1.165, 1.54) is 0 Å². The molecular weight excluding hydrogens is 342 g/mol. The number of amides is 1. The van der Waals surface area contributed by atoms with Crippen LogP contribution in [0.25, 0.3) is 0 Å². The van der Waals surface area contributed by atoms with Gasteiger partial charge in [-0.1, -0.05) is 18.2 Å². The number of nitrogens with zero attached hydrogens (tertiary/aromatic N) is 1. The van der Waals surface area contributed by atoms with E-state index in [9.17, 15) is 9.59 Å². The van der Waals surface area contributed by atoms with Gasteiger partial charge >= 0.3 is 0 Å². The number of likely N-dealkylation sites (tertiary alicyclic amines) is 1. The van der Waals surface area contributed by atoms with Gasteiger partial charge in [0.1, 0.15) is 11.5 Å². The molecule has 5 heteroatoms. The summed E-state index contributed by atoms with van der Waals surface area (Å²) in [5, 5.41) is 0. The van der Waals surface area contributed by atoms with Gasteiger partial charge in [-0.3, -0.25) is 9.59 Å². The van der Waals surface area contributed by atoms with Gasteiger partial charge in [0.25, 0.3) is 0 Å². The van der Waals surface area contributed by atoms with Crippen molar-refractivity contribution in [3.05, 3.63) is 59.7 Å². The highest BCUT2D eigenvalue weighted by Crippen LogP contribution is 2.24. The molecule has 0 radical (unpaired) electrons. The van der Waals surface area contributed by atoms with Gasteiger partial charge in [-0.15, -0.1) is 0 Å². The van der Waals surface area contributed by atoms with E-state index in [2.05, 4.69) is 0 Å². The summed E-state index contributed by atoms with van der Waals surface area (Å²) in [6.07, 6.45) is 1.71. The van der Waals surface area contributed by atoms with E-state index < -0.39 is 0 Å². The van der Waals surface area contributed by atoms with Crippen LogP contribution in [0.5, 0.6) is 11.5 Å². The second kappa shape index (κ2) is 8.71. The van der Waals surface area contributed by atoms with Gasteiger partial charge in [0.05, 0.1) is 20.6 Å². The van der Waals surface area contributed by atoms with Crippen molar-refractivity contribution in [2.45, 2.75) is 19.3 Å². The number of hydrogen-bond donors (Lipinski definition) is 0. The average molecular weight is 367 g/mol.